The summed E-state index contributed by atoms with van der Waals surface area (Å²) in [7, 11) is 2.63. The molecule has 1 heterocycles. The highest BCUT2D eigenvalue weighted by atomic mass is 28.4. The molecule has 0 aromatic rings. The van der Waals surface area contributed by atoms with E-state index in [1.54, 1.807) is 21.3 Å². The predicted octanol–water partition coefficient (Wildman–Crippen LogP) is 0.901. The molecule has 0 atom stereocenters. The summed E-state index contributed by atoms with van der Waals surface area (Å²) in [6.07, 6.45) is 1.07. The molecule has 0 unspecified atom stereocenters. The molecule has 0 bridgehead atoms. The highest BCUT2D eigenvalue weighted by Gasteiger charge is 2.38. The largest absolute Gasteiger partial charge is 0.500 e. The van der Waals surface area contributed by atoms with Gasteiger partial charge in [0, 0.05) is 33.3 Å². The molecular weight excluding hydrogens is 188 g/mol. The highest BCUT2D eigenvalue weighted by molar-refractivity contribution is 6.60. The molecule has 1 aliphatic rings. The van der Waals surface area contributed by atoms with Gasteiger partial charge in [-0.2, -0.15) is 0 Å². The summed E-state index contributed by atoms with van der Waals surface area (Å²) in [6, 6.07) is 0.879. The Bertz CT molecular complexity index is 137. The van der Waals surface area contributed by atoms with Crippen molar-refractivity contribution < 1.29 is 18.0 Å². The first kappa shape index (κ1) is 11.1. The lowest BCUT2D eigenvalue weighted by Gasteiger charge is -2.30. The number of rotatable bonds is 6. The molecule has 4 nitrogen and oxygen atoms in total. The molecule has 0 amide bonds. The lowest BCUT2D eigenvalue weighted by molar-refractivity contribution is -0.0352. The van der Waals surface area contributed by atoms with Crippen LogP contribution in [-0.4, -0.2) is 43.3 Å². The fourth-order valence-corrected chi connectivity index (χ4v) is 3.26. The van der Waals surface area contributed by atoms with Crippen molar-refractivity contribution in [2.24, 2.45) is 5.92 Å². The van der Waals surface area contributed by atoms with Gasteiger partial charge in [0.15, 0.2) is 0 Å². The molecule has 13 heavy (non-hydrogen) atoms. The van der Waals surface area contributed by atoms with Crippen molar-refractivity contribution in [1.82, 2.24) is 0 Å². The first-order valence-electron chi connectivity index (χ1n) is 4.49. The van der Waals surface area contributed by atoms with Crippen LogP contribution in [0.3, 0.4) is 0 Å². The van der Waals surface area contributed by atoms with Crippen molar-refractivity contribution in [3.8, 4) is 0 Å². The Kier molecular flexibility index (Phi) is 4.34. The van der Waals surface area contributed by atoms with Crippen molar-refractivity contribution in [1.29, 1.82) is 0 Å². The zero-order valence-electron chi connectivity index (χ0n) is 8.54. The van der Waals surface area contributed by atoms with Crippen LogP contribution in [-0.2, 0) is 18.0 Å². The molecule has 1 fully saturated rings. The van der Waals surface area contributed by atoms with E-state index in [-0.39, 0.29) is 0 Å². The standard InChI is InChI=1S/C8H18O4Si/c1-9-13(10-2,11-3)5-4-8-6-12-7-8/h8H,4-7H2,1-3H3. The quantitative estimate of drug-likeness (QED) is 0.605. The normalized spacial score (nSPS) is 18.7. The average Bonchev–Trinajstić information content (AvgIpc) is 2.11. The van der Waals surface area contributed by atoms with Gasteiger partial charge in [-0.05, 0) is 6.42 Å². The van der Waals surface area contributed by atoms with Crippen molar-refractivity contribution in [3.63, 3.8) is 0 Å². The monoisotopic (exact) mass is 206 g/mol. The van der Waals surface area contributed by atoms with Crippen molar-refractivity contribution in [2.45, 2.75) is 12.5 Å². The van der Waals surface area contributed by atoms with Gasteiger partial charge in [-0.15, -0.1) is 0 Å². The Morgan fingerprint density at radius 2 is 1.69 bits per heavy atom. The van der Waals surface area contributed by atoms with E-state index in [0.717, 1.165) is 25.7 Å². The van der Waals surface area contributed by atoms with Gasteiger partial charge in [0.05, 0.1) is 13.2 Å². The maximum atomic E-state index is 5.31. The molecule has 0 N–H and O–H groups in total. The third-order valence-electron chi connectivity index (χ3n) is 2.50. The van der Waals surface area contributed by atoms with E-state index in [4.69, 9.17) is 18.0 Å². The van der Waals surface area contributed by atoms with Crippen LogP contribution >= 0.6 is 0 Å². The SMILES string of the molecule is CO[Si](CCC1COC1)(OC)OC. The Morgan fingerprint density at radius 1 is 1.15 bits per heavy atom. The van der Waals surface area contributed by atoms with Crippen molar-refractivity contribution in [2.75, 3.05) is 34.5 Å². The summed E-state index contributed by atoms with van der Waals surface area (Å²) >= 11 is 0. The van der Waals surface area contributed by atoms with E-state index < -0.39 is 8.80 Å². The van der Waals surface area contributed by atoms with Crippen LogP contribution in [0.1, 0.15) is 6.42 Å². The number of hydrogen-bond acceptors (Lipinski definition) is 4. The summed E-state index contributed by atoms with van der Waals surface area (Å²) in [6.45, 7) is 1.75. The van der Waals surface area contributed by atoms with Gasteiger partial charge in [-0.3, -0.25) is 0 Å². The third kappa shape index (κ3) is 2.75. The molecule has 0 aromatic heterocycles. The molecule has 5 heteroatoms. The van der Waals surface area contributed by atoms with E-state index in [9.17, 15) is 0 Å². The molecule has 1 saturated heterocycles. The number of ether oxygens (including phenoxy) is 1. The summed E-state index contributed by atoms with van der Waals surface area (Å²) in [5, 5.41) is 0. The van der Waals surface area contributed by atoms with E-state index in [2.05, 4.69) is 0 Å². The predicted molar refractivity (Wildman–Crippen MR) is 50.5 cm³/mol. The molecule has 78 valence electrons. The van der Waals surface area contributed by atoms with Crippen LogP contribution in [0.25, 0.3) is 0 Å². The Balaban J connectivity index is 2.27. The van der Waals surface area contributed by atoms with E-state index in [1.807, 2.05) is 0 Å². The fourth-order valence-electron chi connectivity index (χ4n) is 1.39. The van der Waals surface area contributed by atoms with Crippen LogP contribution in [0.2, 0.25) is 6.04 Å². The zero-order chi connectivity index (χ0) is 9.73. The van der Waals surface area contributed by atoms with Crippen LogP contribution in [0.5, 0.6) is 0 Å². The molecule has 1 rings (SSSR count). The van der Waals surface area contributed by atoms with Gasteiger partial charge in [0.2, 0.25) is 0 Å². The van der Waals surface area contributed by atoms with E-state index in [1.165, 1.54) is 0 Å². The number of hydrogen-bond donors (Lipinski definition) is 0. The van der Waals surface area contributed by atoms with Gasteiger partial charge in [-0.25, -0.2) is 0 Å². The van der Waals surface area contributed by atoms with Gasteiger partial charge in [-0.1, -0.05) is 0 Å². The van der Waals surface area contributed by atoms with Crippen LogP contribution in [0, 0.1) is 5.92 Å². The zero-order valence-corrected chi connectivity index (χ0v) is 9.54. The summed E-state index contributed by atoms with van der Waals surface area (Å²) in [5.41, 5.74) is 0. The molecule has 0 aliphatic carbocycles. The minimum absolute atomic E-state index is 0.673. The Morgan fingerprint density at radius 3 is 2.00 bits per heavy atom. The molecule has 0 aromatic carbocycles. The fraction of sp³-hybridized carbons (Fsp3) is 1.00. The first-order valence-corrected chi connectivity index (χ1v) is 6.42. The maximum absolute atomic E-state index is 5.31. The van der Waals surface area contributed by atoms with E-state index >= 15 is 0 Å². The van der Waals surface area contributed by atoms with Gasteiger partial charge < -0.3 is 18.0 Å². The van der Waals surface area contributed by atoms with Gasteiger partial charge in [0.1, 0.15) is 0 Å². The lowest BCUT2D eigenvalue weighted by atomic mass is 10.1. The summed E-state index contributed by atoms with van der Waals surface area (Å²) in [4.78, 5) is 0. The second kappa shape index (κ2) is 5.07. The van der Waals surface area contributed by atoms with Crippen LogP contribution in [0.4, 0.5) is 0 Å². The Hall–Kier alpha value is 0.0569. The second-order valence-corrected chi connectivity index (χ2v) is 6.33. The Labute approximate surface area is 80.5 Å². The highest BCUT2D eigenvalue weighted by Crippen LogP contribution is 2.23. The van der Waals surface area contributed by atoms with Crippen LogP contribution < -0.4 is 0 Å². The molecule has 1 aliphatic heterocycles. The minimum atomic E-state index is -2.32. The maximum Gasteiger partial charge on any atom is 0.500 e. The second-order valence-electron chi connectivity index (χ2n) is 3.24. The average molecular weight is 206 g/mol. The topological polar surface area (TPSA) is 36.9 Å². The summed E-state index contributed by atoms with van der Waals surface area (Å²) in [5.74, 6) is 0.673. The third-order valence-corrected chi connectivity index (χ3v) is 5.27. The minimum Gasteiger partial charge on any atom is -0.381 e. The molecular formula is C8H18O4Si. The molecule has 0 saturated carbocycles. The van der Waals surface area contributed by atoms with Gasteiger partial charge >= 0.3 is 8.80 Å². The van der Waals surface area contributed by atoms with Gasteiger partial charge in [0.25, 0.3) is 0 Å². The molecule has 0 radical (unpaired) electrons. The van der Waals surface area contributed by atoms with Crippen molar-refractivity contribution >= 4 is 8.80 Å². The lowest BCUT2D eigenvalue weighted by Crippen LogP contribution is -2.44. The van der Waals surface area contributed by atoms with E-state index in [0.29, 0.717) is 5.92 Å². The van der Waals surface area contributed by atoms with Crippen molar-refractivity contribution in [3.05, 3.63) is 0 Å². The van der Waals surface area contributed by atoms with Crippen LogP contribution in [0.15, 0.2) is 0 Å². The summed E-state index contributed by atoms with van der Waals surface area (Å²) < 4.78 is 21.0. The first-order chi connectivity index (χ1) is 6.26. The smallest absolute Gasteiger partial charge is 0.381 e. The molecule has 0 spiro atoms.